The molecule has 0 bridgehead atoms. The minimum absolute atomic E-state index is 0.352. The van der Waals surface area contributed by atoms with Crippen LogP contribution in [0, 0.1) is 0 Å². The monoisotopic (exact) mass is 429 g/mol. The van der Waals surface area contributed by atoms with Crippen LogP contribution in [0.4, 0.5) is 0 Å². The van der Waals surface area contributed by atoms with Gasteiger partial charge in [0.05, 0.1) is 16.3 Å². The zero-order valence-electron chi connectivity index (χ0n) is 15.2. The highest BCUT2D eigenvalue weighted by molar-refractivity contribution is 6.42. The van der Waals surface area contributed by atoms with Gasteiger partial charge < -0.3 is 9.73 Å². The van der Waals surface area contributed by atoms with Gasteiger partial charge in [-0.1, -0.05) is 53.5 Å². The molecule has 0 radical (unpaired) electrons. The zero-order valence-corrected chi connectivity index (χ0v) is 16.7. The summed E-state index contributed by atoms with van der Waals surface area (Å²) in [6.45, 7) is 0.352. The van der Waals surface area contributed by atoms with Crippen LogP contribution in [0.2, 0.25) is 10.0 Å². The zero-order chi connectivity index (χ0) is 20.6. The van der Waals surface area contributed by atoms with Crippen LogP contribution in [0.3, 0.4) is 0 Å². The van der Waals surface area contributed by atoms with E-state index in [9.17, 15) is 9.59 Å². The molecular weight excluding hydrogens is 413 g/mol. The van der Waals surface area contributed by atoms with Crippen LogP contribution in [-0.4, -0.2) is 24.6 Å². The summed E-state index contributed by atoms with van der Waals surface area (Å²) in [5.41, 5.74) is 3.99. The Morgan fingerprint density at radius 3 is 2.52 bits per heavy atom. The molecule has 0 aliphatic heterocycles. The first kappa shape index (κ1) is 20.6. The highest BCUT2D eigenvalue weighted by Gasteiger charge is 2.12. The molecule has 0 unspecified atom stereocenters. The van der Waals surface area contributed by atoms with Gasteiger partial charge in [0, 0.05) is 12.1 Å². The number of benzene rings is 2. The van der Waals surface area contributed by atoms with Gasteiger partial charge in [-0.15, -0.1) is 0 Å². The van der Waals surface area contributed by atoms with Crippen LogP contribution < -0.4 is 10.7 Å². The summed E-state index contributed by atoms with van der Waals surface area (Å²) in [6.07, 6.45) is 1.93. The Balaban J connectivity index is 1.47. The molecule has 1 heterocycles. The van der Waals surface area contributed by atoms with E-state index in [4.69, 9.17) is 27.6 Å². The van der Waals surface area contributed by atoms with Crippen molar-refractivity contribution in [3.8, 4) is 11.3 Å². The largest absolute Gasteiger partial charge is 0.455 e. The molecule has 6 nitrogen and oxygen atoms in total. The van der Waals surface area contributed by atoms with Crippen molar-refractivity contribution >= 4 is 41.2 Å². The number of nitrogens with one attached hydrogen (secondary N) is 2. The highest BCUT2D eigenvalue weighted by atomic mass is 35.5. The summed E-state index contributed by atoms with van der Waals surface area (Å²) < 4.78 is 5.62. The van der Waals surface area contributed by atoms with Gasteiger partial charge in [0.25, 0.3) is 0 Å². The third-order valence-corrected chi connectivity index (χ3v) is 4.68. The van der Waals surface area contributed by atoms with Crippen LogP contribution >= 0.6 is 23.2 Å². The first-order valence-corrected chi connectivity index (χ1v) is 9.49. The molecule has 8 heteroatoms. The van der Waals surface area contributed by atoms with Crippen LogP contribution in [-0.2, 0) is 16.0 Å². The van der Waals surface area contributed by atoms with E-state index in [1.807, 2.05) is 30.3 Å². The van der Waals surface area contributed by atoms with E-state index in [-0.39, 0.29) is 0 Å². The molecule has 0 saturated carbocycles. The van der Waals surface area contributed by atoms with E-state index in [1.165, 1.54) is 6.21 Å². The molecule has 2 amide bonds. The molecule has 2 aromatic carbocycles. The van der Waals surface area contributed by atoms with Crippen molar-refractivity contribution < 1.29 is 14.0 Å². The van der Waals surface area contributed by atoms with Gasteiger partial charge in [-0.2, -0.15) is 5.10 Å². The fourth-order valence-electron chi connectivity index (χ4n) is 2.48. The van der Waals surface area contributed by atoms with Gasteiger partial charge in [-0.05, 0) is 42.3 Å². The summed E-state index contributed by atoms with van der Waals surface area (Å²) in [5.74, 6) is -0.648. The maximum Gasteiger partial charge on any atom is 0.329 e. The van der Waals surface area contributed by atoms with Gasteiger partial charge >= 0.3 is 11.8 Å². The molecule has 148 valence electrons. The molecule has 1 aromatic heterocycles. The minimum Gasteiger partial charge on any atom is -0.455 e. The van der Waals surface area contributed by atoms with Crippen molar-refractivity contribution in [1.82, 2.24) is 10.7 Å². The number of hydrogen-bond acceptors (Lipinski definition) is 4. The van der Waals surface area contributed by atoms with E-state index < -0.39 is 11.8 Å². The number of hydrazone groups is 1. The van der Waals surface area contributed by atoms with E-state index in [2.05, 4.69) is 15.8 Å². The summed E-state index contributed by atoms with van der Waals surface area (Å²) in [4.78, 5) is 23.6. The lowest BCUT2D eigenvalue weighted by atomic mass is 10.1. The number of halogens is 2. The first-order valence-electron chi connectivity index (χ1n) is 8.73. The molecule has 3 aromatic rings. The fraction of sp³-hybridized carbons (Fsp3) is 0.0952. The number of carbonyl (C=O) groups excluding carboxylic acids is 2. The van der Waals surface area contributed by atoms with Crippen LogP contribution in [0.15, 0.2) is 70.2 Å². The van der Waals surface area contributed by atoms with E-state index in [1.54, 1.807) is 30.3 Å². The van der Waals surface area contributed by atoms with Gasteiger partial charge in [0.15, 0.2) is 0 Å². The Kier molecular flexibility index (Phi) is 7.05. The molecule has 0 spiro atoms. The van der Waals surface area contributed by atoms with E-state index in [0.717, 1.165) is 11.1 Å². The van der Waals surface area contributed by atoms with Crippen LogP contribution in [0.1, 0.15) is 11.3 Å². The predicted octanol–water partition coefficient (Wildman–Crippen LogP) is 4.06. The second-order valence-corrected chi connectivity index (χ2v) is 6.84. The normalized spacial score (nSPS) is 10.8. The third kappa shape index (κ3) is 5.94. The van der Waals surface area contributed by atoms with Gasteiger partial charge in [-0.3, -0.25) is 9.59 Å². The Morgan fingerprint density at radius 1 is 0.966 bits per heavy atom. The standard InChI is InChI=1S/C21H17Cl2N3O3/c22-17-8-6-15(12-18(17)23)19-9-7-16(29-19)13-25-26-21(28)20(27)24-11-10-14-4-2-1-3-5-14/h1-9,12-13H,10-11H2,(H,24,27)(H,26,28)/b25-13+. The third-order valence-electron chi connectivity index (χ3n) is 3.94. The number of hydrogen-bond donors (Lipinski definition) is 2. The summed E-state index contributed by atoms with van der Waals surface area (Å²) in [6, 6.07) is 18.2. The van der Waals surface area contributed by atoms with E-state index in [0.29, 0.717) is 34.5 Å². The lowest BCUT2D eigenvalue weighted by Crippen LogP contribution is -2.38. The summed E-state index contributed by atoms with van der Waals surface area (Å²) >= 11 is 11.9. The molecule has 0 saturated heterocycles. The number of nitrogens with zero attached hydrogens (tertiary/aromatic N) is 1. The summed E-state index contributed by atoms with van der Waals surface area (Å²) in [7, 11) is 0. The Labute approximate surface area is 177 Å². The number of furan rings is 1. The number of carbonyl (C=O) groups is 2. The lowest BCUT2D eigenvalue weighted by Gasteiger charge is -2.04. The molecule has 0 aliphatic rings. The SMILES string of the molecule is O=C(NCCc1ccccc1)C(=O)N/N=C/c1ccc(-c2ccc(Cl)c(Cl)c2)o1. The molecule has 0 atom stereocenters. The van der Waals surface area contributed by atoms with E-state index >= 15 is 0 Å². The lowest BCUT2D eigenvalue weighted by molar-refractivity contribution is -0.139. The van der Waals surface area contributed by atoms with Crippen LogP contribution in [0.25, 0.3) is 11.3 Å². The van der Waals surface area contributed by atoms with Crippen molar-refractivity contribution in [3.05, 3.63) is 82.0 Å². The van der Waals surface area contributed by atoms with Gasteiger partial charge in [-0.25, -0.2) is 5.43 Å². The second kappa shape index (κ2) is 9.91. The summed E-state index contributed by atoms with van der Waals surface area (Å²) in [5, 5.41) is 7.15. The first-order chi connectivity index (χ1) is 14.0. The number of rotatable bonds is 6. The molecule has 0 fully saturated rings. The predicted molar refractivity (Wildman–Crippen MR) is 113 cm³/mol. The van der Waals surface area contributed by atoms with Crippen molar-refractivity contribution in [2.75, 3.05) is 6.54 Å². The van der Waals surface area contributed by atoms with Crippen molar-refractivity contribution in [1.29, 1.82) is 0 Å². The molecule has 29 heavy (non-hydrogen) atoms. The molecule has 3 rings (SSSR count). The molecule has 2 N–H and O–H groups in total. The van der Waals surface area contributed by atoms with Crippen molar-refractivity contribution in [3.63, 3.8) is 0 Å². The Hall–Kier alpha value is -3.09. The van der Waals surface area contributed by atoms with Crippen LogP contribution in [0.5, 0.6) is 0 Å². The molecular formula is C21H17Cl2N3O3. The molecule has 0 aliphatic carbocycles. The number of amides is 2. The maximum atomic E-state index is 11.8. The smallest absolute Gasteiger partial charge is 0.329 e. The fourth-order valence-corrected chi connectivity index (χ4v) is 2.78. The average molecular weight is 430 g/mol. The quantitative estimate of drug-likeness (QED) is 0.352. The average Bonchev–Trinajstić information content (AvgIpc) is 3.19. The maximum absolute atomic E-state index is 11.8. The Bertz CT molecular complexity index is 1030. The highest BCUT2D eigenvalue weighted by Crippen LogP contribution is 2.29. The minimum atomic E-state index is -0.856. The van der Waals surface area contributed by atoms with Gasteiger partial charge in [0.2, 0.25) is 0 Å². The van der Waals surface area contributed by atoms with Gasteiger partial charge in [0.1, 0.15) is 11.5 Å². The second-order valence-electron chi connectivity index (χ2n) is 6.02. The van der Waals surface area contributed by atoms with Crippen molar-refractivity contribution in [2.24, 2.45) is 5.10 Å². The topological polar surface area (TPSA) is 83.7 Å². The van der Waals surface area contributed by atoms with Crippen molar-refractivity contribution in [2.45, 2.75) is 6.42 Å². The Morgan fingerprint density at radius 2 is 1.76 bits per heavy atom.